The second-order valence-corrected chi connectivity index (χ2v) is 5.38. The highest BCUT2D eigenvalue weighted by Gasteiger charge is 2.31. The Morgan fingerprint density at radius 1 is 1.25 bits per heavy atom. The molecule has 0 radical (unpaired) electrons. The van der Waals surface area contributed by atoms with Crippen molar-refractivity contribution in [2.45, 2.75) is 51.5 Å². The van der Waals surface area contributed by atoms with E-state index in [0.29, 0.717) is 12.0 Å². The van der Waals surface area contributed by atoms with Crippen LogP contribution in [-0.2, 0) is 0 Å². The van der Waals surface area contributed by atoms with E-state index in [1.807, 2.05) is 0 Å². The fourth-order valence-electron chi connectivity index (χ4n) is 2.54. The number of rotatable bonds is 2. The van der Waals surface area contributed by atoms with Crippen molar-refractivity contribution in [1.82, 2.24) is 10.1 Å². The summed E-state index contributed by atoms with van der Waals surface area (Å²) >= 11 is 0. The van der Waals surface area contributed by atoms with Gasteiger partial charge < -0.3 is 9.42 Å². The molecule has 2 atom stereocenters. The monoisotopic (exact) mass is 221 g/mol. The molecular formula is C12H19N3O. The maximum absolute atomic E-state index is 5.38. The average molecular weight is 221 g/mol. The van der Waals surface area contributed by atoms with Crippen LogP contribution < -0.4 is 4.90 Å². The average Bonchev–Trinajstić information content (AvgIpc) is 2.98. The molecule has 1 aromatic heterocycles. The Morgan fingerprint density at radius 3 is 2.75 bits per heavy atom. The normalized spacial score (nSPS) is 30.8. The second kappa shape index (κ2) is 3.75. The number of aromatic nitrogens is 2. The van der Waals surface area contributed by atoms with Crippen molar-refractivity contribution in [2.24, 2.45) is 5.92 Å². The first-order valence-corrected chi connectivity index (χ1v) is 6.34. The van der Waals surface area contributed by atoms with E-state index in [1.54, 1.807) is 0 Å². The summed E-state index contributed by atoms with van der Waals surface area (Å²) in [6.45, 7) is 5.61. The van der Waals surface area contributed by atoms with Gasteiger partial charge in [0.05, 0.1) is 0 Å². The Morgan fingerprint density at radius 2 is 2.06 bits per heavy atom. The maximum atomic E-state index is 5.38. The van der Waals surface area contributed by atoms with Gasteiger partial charge in [0.1, 0.15) is 0 Å². The van der Waals surface area contributed by atoms with Crippen LogP contribution in [0.1, 0.15) is 51.3 Å². The topological polar surface area (TPSA) is 42.2 Å². The van der Waals surface area contributed by atoms with Crippen molar-refractivity contribution < 1.29 is 4.52 Å². The van der Waals surface area contributed by atoms with Crippen molar-refractivity contribution in [1.29, 1.82) is 0 Å². The van der Waals surface area contributed by atoms with Gasteiger partial charge in [-0.1, -0.05) is 12.1 Å². The summed E-state index contributed by atoms with van der Waals surface area (Å²) in [5.41, 5.74) is 0. The van der Waals surface area contributed by atoms with E-state index < -0.39 is 0 Å². The highest BCUT2D eigenvalue weighted by molar-refractivity contribution is 5.29. The van der Waals surface area contributed by atoms with Gasteiger partial charge in [-0.3, -0.25) is 0 Å². The van der Waals surface area contributed by atoms with Gasteiger partial charge >= 0.3 is 6.01 Å². The Balaban J connectivity index is 1.74. The molecule has 1 aromatic rings. The van der Waals surface area contributed by atoms with Crippen LogP contribution in [0, 0.1) is 5.92 Å². The van der Waals surface area contributed by atoms with Crippen LogP contribution in [0.25, 0.3) is 0 Å². The lowest BCUT2D eigenvalue weighted by Gasteiger charge is -2.34. The number of hydrogen-bond donors (Lipinski definition) is 0. The highest BCUT2D eigenvalue weighted by atomic mass is 16.5. The Labute approximate surface area is 96.0 Å². The molecule has 2 heterocycles. The molecule has 2 unspecified atom stereocenters. The molecule has 0 N–H and O–H groups in total. The fraction of sp³-hybridized carbons (Fsp3) is 0.833. The predicted octanol–water partition coefficient (Wildman–Crippen LogP) is 2.57. The summed E-state index contributed by atoms with van der Waals surface area (Å²) in [6.07, 6.45) is 4.91. The molecule has 1 aliphatic carbocycles. The van der Waals surface area contributed by atoms with Crippen molar-refractivity contribution >= 4 is 6.01 Å². The predicted molar refractivity (Wildman–Crippen MR) is 61.5 cm³/mol. The highest BCUT2D eigenvalue weighted by Crippen LogP contribution is 2.39. The first-order chi connectivity index (χ1) is 7.74. The second-order valence-electron chi connectivity index (χ2n) is 5.38. The molecule has 0 amide bonds. The van der Waals surface area contributed by atoms with Gasteiger partial charge in [-0.2, -0.15) is 4.98 Å². The van der Waals surface area contributed by atoms with Crippen LogP contribution in [-0.4, -0.2) is 22.7 Å². The van der Waals surface area contributed by atoms with E-state index in [1.165, 1.54) is 25.7 Å². The van der Waals surface area contributed by atoms with Crippen molar-refractivity contribution in [3.63, 3.8) is 0 Å². The number of nitrogens with zero attached hydrogens (tertiary/aromatic N) is 3. The smallest absolute Gasteiger partial charge is 0.322 e. The van der Waals surface area contributed by atoms with E-state index in [-0.39, 0.29) is 0 Å². The van der Waals surface area contributed by atoms with E-state index in [2.05, 4.69) is 28.9 Å². The fourth-order valence-corrected chi connectivity index (χ4v) is 2.54. The summed E-state index contributed by atoms with van der Waals surface area (Å²) < 4.78 is 5.38. The number of hydrogen-bond acceptors (Lipinski definition) is 4. The largest absolute Gasteiger partial charge is 0.324 e. The molecule has 4 heteroatoms. The van der Waals surface area contributed by atoms with Crippen LogP contribution in [0.3, 0.4) is 0 Å². The van der Waals surface area contributed by atoms with Gasteiger partial charge in [-0.05, 0) is 38.5 Å². The standard InChI is InChI=1S/C12H19N3O/c1-8-5-6-15(9(2)7-8)12-13-11(14-16-12)10-3-4-10/h8-10H,3-7H2,1-2H3. The lowest BCUT2D eigenvalue weighted by atomic mass is 9.94. The third kappa shape index (κ3) is 1.81. The summed E-state index contributed by atoms with van der Waals surface area (Å²) in [5, 5.41) is 4.08. The molecule has 3 rings (SSSR count). The van der Waals surface area contributed by atoms with Crippen molar-refractivity contribution in [2.75, 3.05) is 11.4 Å². The molecule has 1 saturated heterocycles. The number of anilines is 1. The van der Waals surface area contributed by atoms with Gasteiger partial charge in [0.25, 0.3) is 0 Å². The first kappa shape index (κ1) is 10.1. The third-order valence-electron chi connectivity index (χ3n) is 3.76. The zero-order chi connectivity index (χ0) is 11.1. The van der Waals surface area contributed by atoms with Crippen LogP contribution >= 0.6 is 0 Å². The summed E-state index contributed by atoms with van der Waals surface area (Å²) in [7, 11) is 0. The molecule has 2 aliphatic rings. The van der Waals surface area contributed by atoms with E-state index in [9.17, 15) is 0 Å². The lowest BCUT2D eigenvalue weighted by molar-refractivity contribution is 0.336. The van der Waals surface area contributed by atoms with E-state index >= 15 is 0 Å². The summed E-state index contributed by atoms with van der Waals surface area (Å²) in [5.74, 6) is 2.31. The molecular weight excluding hydrogens is 202 g/mol. The minimum absolute atomic E-state index is 0.524. The van der Waals surface area contributed by atoms with Gasteiger partial charge in [0.15, 0.2) is 5.82 Å². The van der Waals surface area contributed by atoms with Gasteiger partial charge in [0.2, 0.25) is 0 Å². The minimum Gasteiger partial charge on any atom is -0.322 e. The molecule has 0 aromatic carbocycles. The lowest BCUT2D eigenvalue weighted by Crippen LogP contribution is -2.40. The quantitative estimate of drug-likeness (QED) is 0.769. The van der Waals surface area contributed by atoms with Gasteiger partial charge in [0, 0.05) is 18.5 Å². The van der Waals surface area contributed by atoms with E-state index in [0.717, 1.165) is 24.3 Å². The molecule has 1 aliphatic heterocycles. The van der Waals surface area contributed by atoms with Crippen LogP contribution in [0.5, 0.6) is 0 Å². The summed E-state index contributed by atoms with van der Waals surface area (Å²) in [4.78, 5) is 6.78. The van der Waals surface area contributed by atoms with E-state index in [4.69, 9.17) is 4.52 Å². The van der Waals surface area contributed by atoms with Crippen LogP contribution in [0.4, 0.5) is 6.01 Å². The molecule has 0 bridgehead atoms. The van der Waals surface area contributed by atoms with Crippen LogP contribution in [0.15, 0.2) is 4.52 Å². The Hall–Kier alpha value is -1.06. The molecule has 2 fully saturated rings. The van der Waals surface area contributed by atoms with Crippen molar-refractivity contribution in [3.05, 3.63) is 5.82 Å². The maximum Gasteiger partial charge on any atom is 0.324 e. The van der Waals surface area contributed by atoms with Gasteiger partial charge in [-0.25, -0.2) is 0 Å². The Bertz CT molecular complexity index is 372. The molecule has 0 spiro atoms. The van der Waals surface area contributed by atoms with Crippen LogP contribution in [0.2, 0.25) is 0 Å². The molecule has 88 valence electrons. The molecule has 4 nitrogen and oxygen atoms in total. The third-order valence-corrected chi connectivity index (χ3v) is 3.76. The number of piperidine rings is 1. The zero-order valence-electron chi connectivity index (χ0n) is 10.0. The minimum atomic E-state index is 0.524. The Kier molecular flexibility index (Phi) is 2.37. The van der Waals surface area contributed by atoms with Gasteiger partial charge in [-0.15, -0.1) is 0 Å². The molecule has 1 saturated carbocycles. The summed E-state index contributed by atoms with van der Waals surface area (Å²) in [6, 6.07) is 1.26. The molecule has 16 heavy (non-hydrogen) atoms. The first-order valence-electron chi connectivity index (χ1n) is 6.34. The zero-order valence-corrected chi connectivity index (χ0v) is 10.0. The van der Waals surface area contributed by atoms with Crippen molar-refractivity contribution in [3.8, 4) is 0 Å². The SMILES string of the molecule is CC1CCN(c2nc(C3CC3)no2)C(C)C1.